The molecule has 0 aliphatic carbocycles. The van der Waals surface area contributed by atoms with Crippen LogP contribution in [0.3, 0.4) is 0 Å². The van der Waals surface area contributed by atoms with E-state index in [9.17, 15) is 14.9 Å². The number of hydrogen-bond acceptors (Lipinski definition) is 8. The minimum atomic E-state index is -0.383. The Morgan fingerprint density at radius 3 is 2.79 bits per heavy atom. The predicted molar refractivity (Wildman–Crippen MR) is 122 cm³/mol. The van der Waals surface area contributed by atoms with Gasteiger partial charge in [-0.15, -0.1) is 5.92 Å². The van der Waals surface area contributed by atoms with Crippen molar-refractivity contribution in [3.8, 4) is 17.9 Å². The van der Waals surface area contributed by atoms with Crippen molar-refractivity contribution in [2.24, 2.45) is 5.73 Å². The number of anilines is 2. The van der Waals surface area contributed by atoms with Crippen LogP contribution in [0.1, 0.15) is 41.6 Å². The predicted octanol–water partition coefficient (Wildman–Crippen LogP) is 0.360. The van der Waals surface area contributed by atoms with Gasteiger partial charge in [0.05, 0.1) is 18.8 Å². The molecule has 0 saturated carbocycles. The van der Waals surface area contributed by atoms with Crippen molar-refractivity contribution in [3.63, 3.8) is 0 Å². The van der Waals surface area contributed by atoms with Crippen molar-refractivity contribution >= 4 is 24.1 Å². The second-order valence-electron chi connectivity index (χ2n) is 7.79. The molecule has 1 saturated heterocycles. The highest BCUT2D eigenvalue weighted by Crippen LogP contribution is 2.29. The largest absolute Gasteiger partial charge is 0.341 e. The van der Waals surface area contributed by atoms with E-state index in [4.69, 9.17) is 5.73 Å². The number of rotatable bonds is 7. The van der Waals surface area contributed by atoms with Crippen LogP contribution in [0, 0.1) is 23.2 Å². The van der Waals surface area contributed by atoms with Crippen LogP contribution in [-0.2, 0) is 17.9 Å². The molecule has 0 radical (unpaired) electrons. The summed E-state index contributed by atoms with van der Waals surface area (Å²) in [5, 5.41) is 9.30. The molecule has 11 nitrogen and oxygen atoms in total. The minimum Gasteiger partial charge on any atom is -0.341 e. The molecule has 2 aromatic heterocycles. The Bertz CT molecular complexity index is 1130. The van der Waals surface area contributed by atoms with Crippen LogP contribution in [0.25, 0.3) is 0 Å². The first-order valence-electron chi connectivity index (χ1n) is 10.6. The van der Waals surface area contributed by atoms with Crippen LogP contribution in [-0.4, -0.2) is 70.0 Å². The highest BCUT2D eigenvalue weighted by Gasteiger charge is 2.31. The first kappa shape index (κ1) is 23.7. The molecule has 1 fully saturated rings. The zero-order valence-corrected chi connectivity index (χ0v) is 19.0. The van der Waals surface area contributed by atoms with E-state index in [1.165, 1.54) is 22.2 Å². The Balaban J connectivity index is 2.06. The van der Waals surface area contributed by atoms with Crippen molar-refractivity contribution in [3.05, 3.63) is 29.5 Å². The fraction of sp³-hybridized carbons (Fsp3) is 0.455. The highest BCUT2D eigenvalue weighted by atomic mass is 16.2. The summed E-state index contributed by atoms with van der Waals surface area (Å²) in [5.74, 6) is 6.25. The fourth-order valence-electron chi connectivity index (χ4n) is 3.73. The highest BCUT2D eigenvalue weighted by molar-refractivity contribution is 6.00. The summed E-state index contributed by atoms with van der Waals surface area (Å²) in [6.07, 6.45) is 5.32. The van der Waals surface area contributed by atoms with E-state index >= 15 is 0 Å². The first-order chi connectivity index (χ1) is 15.9. The second-order valence-corrected chi connectivity index (χ2v) is 7.79. The van der Waals surface area contributed by atoms with E-state index in [-0.39, 0.29) is 42.2 Å². The van der Waals surface area contributed by atoms with Crippen LogP contribution in [0.15, 0.2) is 12.4 Å². The molecule has 1 aliphatic heterocycles. The lowest BCUT2D eigenvalue weighted by Gasteiger charge is -2.31. The molecule has 1 unspecified atom stereocenters. The molecule has 0 spiro atoms. The normalized spacial score (nSPS) is 15.2. The maximum Gasteiger partial charge on any atom is 0.274 e. The number of nitrogens with two attached hydrogens (primary N) is 1. The van der Waals surface area contributed by atoms with Crippen molar-refractivity contribution < 1.29 is 9.59 Å². The molecule has 1 atom stereocenters. The summed E-state index contributed by atoms with van der Waals surface area (Å²) in [6, 6.07) is 1.99. The maximum absolute atomic E-state index is 13.6. The standard InChI is InChI=1S/C22H27N9O2/c1-4-5-11-31-19(21(33)28(2)14-18-17(12-23)25-8-9-26-18)20(29(3)15-32)27-22(31)30-10-6-7-16(24)13-30/h8-9,15-16H,6-7,10-11,13-14,24H2,1-3H3. The lowest BCUT2D eigenvalue weighted by molar-refractivity contribution is -0.107. The number of carbonyl (C=O) groups is 2. The van der Waals surface area contributed by atoms with Gasteiger partial charge in [-0.1, -0.05) is 5.92 Å². The number of amides is 2. The fourth-order valence-corrected chi connectivity index (χ4v) is 3.73. The number of piperidine rings is 1. The third-order valence-electron chi connectivity index (χ3n) is 5.39. The number of nitrogens with zero attached hydrogens (tertiary/aromatic N) is 8. The van der Waals surface area contributed by atoms with Crippen LogP contribution >= 0.6 is 0 Å². The number of aromatic nitrogens is 4. The molecule has 2 N–H and O–H groups in total. The van der Waals surface area contributed by atoms with Gasteiger partial charge in [-0.3, -0.25) is 19.1 Å². The summed E-state index contributed by atoms with van der Waals surface area (Å²) >= 11 is 0. The molecule has 3 rings (SSSR count). The van der Waals surface area contributed by atoms with Gasteiger partial charge < -0.3 is 20.4 Å². The molecular weight excluding hydrogens is 422 g/mol. The third-order valence-corrected chi connectivity index (χ3v) is 5.39. The van der Waals surface area contributed by atoms with Gasteiger partial charge in [0, 0.05) is 45.6 Å². The van der Waals surface area contributed by atoms with Crippen LogP contribution in [0.2, 0.25) is 0 Å². The molecule has 33 heavy (non-hydrogen) atoms. The molecule has 2 aromatic rings. The molecule has 1 aliphatic rings. The van der Waals surface area contributed by atoms with E-state index in [1.807, 2.05) is 11.0 Å². The second kappa shape index (κ2) is 10.6. The van der Waals surface area contributed by atoms with Gasteiger partial charge >= 0.3 is 0 Å². The van der Waals surface area contributed by atoms with Gasteiger partial charge in [0.2, 0.25) is 12.4 Å². The average Bonchev–Trinajstić information content (AvgIpc) is 3.21. The third kappa shape index (κ3) is 5.10. The van der Waals surface area contributed by atoms with Gasteiger partial charge in [-0.25, -0.2) is 4.98 Å². The molecule has 0 bridgehead atoms. The zero-order valence-electron chi connectivity index (χ0n) is 19.0. The molecule has 11 heteroatoms. The van der Waals surface area contributed by atoms with E-state index in [1.54, 1.807) is 25.6 Å². The summed E-state index contributed by atoms with van der Waals surface area (Å²) in [7, 11) is 3.15. The van der Waals surface area contributed by atoms with Gasteiger partial charge in [0.25, 0.3) is 5.91 Å². The molecule has 2 amide bonds. The Labute approximate surface area is 192 Å². The smallest absolute Gasteiger partial charge is 0.274 e. The SMILES string of the molecule is CC#CCn1c(N2CCCC(N)C2)nc(N(C)C=O)c1C(=O)N(C)Cc1nccnc1C#N. The Morgan fingerprint density at radius 2 is 2.12 bits per heavy atom. The monoisotopic (exact) mass is 449 g/mol. The van der Waals surface area contributed by atoms with E-state index < -0.39 is 0 Å². The number of imidazole rings is 1. The van der Waals surface area contributed by atoms with Crippen LogP contribution in [0.4, 0.5) is 11.8 Å². The Morgan fingerprint density at radius 1 is 1.36 bits per heavy atom. The van der Waals surface area contributed by atoms with Crippen LogP contribution in [0.5, 0.6) is 0 Å². The topological polar surface area (TPSA) is 137 Å². The summed E-state index contributed by atoms with van der Waals surface area (Å²) in [4.78, 5) is 42.8. The number of carbonyl (C=O) groups excluding carboxylic acids is 2. The van der Waals surface area contributed by atoms with Gasteiger partial charge in [-0.2, -0.15) is 10.2 Å². The quantitative estimate of drug-likeness (QED) is 0.472. The van der Waals surface area contributed by atoms with Gasteiger partial charge in [-0.05, 0) is 19.8 Å². The van der Waals surface area contributed by atoms with Crippen LogP contribution < -0.4 is 15.5 Å². The van der Waals surface area contributed by atoms with Crippen molar-refractivity contribution in [2.45, 2.75) is 38.9 Å². The lowest BCUT2D eigenvalue weighted by atomic mass is 10.1. The van der Waals surface area contributed by atoms with Crippen molar-refractivity contribution in [1.82, 2.24) is 24.4 Å². The molecule has 3 heterocycles. The Kier molecular flexibility index (Phi) is 7.59. The van der Waals surface area contributed by atoms with E-state index in [2.05, 4.69) is 26.8 Å². The zero-order chi connectivity index (χ0) is 24.0. The van der Waals surface area contributed by atoms with E-state index in [0.29, 0.717) is 24.6 Å². The molecular formula is C22H27N9O2. The first-order valence-corrected chi connectivity index (χ1v) is 10.6. The Hall–Kier alpha value is -3.96. The molecule has 172 valence electrons. The number of hydrogen-bond donors (Lipinski definition) is 1. The summed E-state index contributed by atoms with van der Waals surface area (Å²) in [6.45, 7) is 3.34. The van der Waals surface area contributed by atoms with Crippen molar-refractivity contribution in [1.29, 1.82) is 5.26 Å². The maximum atomic E-state index is 13.6. The number of nitriles is 1. The molecule has 0 aromatic carbocycles. The lowest BCUT2D eigenvalue weighted by Crippen LogP contribution is -2.44. The summed E-state index contributed by atoms with van der Waals surface area (Å²) < 4.78 is 1.73. The average molecular weight is 450 g/mol. The van der Waals surface area contributed by atoms with E-state index in [0.717, 1.165) is 19.4 Å². The van der Waals surface area contributed by atoms with Crippen molar-refractivity contribution in [2.75, 3.05) is 37.0 Å². The minimum absolute atomic E-state index is 0.00343. The van der Waals surface area contributed by atoms with Gasteiger partial charge in [0.15, 0.2) is 17.2 Å². The summed E-state index contributed by atoms with van der Waals surface area (Å²) in [5.41, 5.74) is 6.93. The van der Waals surface area contributed by atoms with Gasteiger partial charge in [0.1, 0.15) is 6.07 Å².